The molecule has 1 heterocycles. The Morgan fingerprint density at radius 1 is 1.64 bits per heavy atom. The van der Waals surface area contributed by atoms with Gasteiger partial charge in [-0.25, -0.2) is 4.39 Å². The summed E-state index contributed by atoms with van der Waals surface area (Å²) in [5.41, 5.74) is -0.106. The molecule has 0 radical (unpaired) electrons. The number of halogens is 1. The summed E-state index contributed by atoms with van der Waals surface area (Å²) in [4.78, 5) is 15.0. The Balaban J connectivity index is 2.46. The van der Waals surface area contributed by atoms with Crippen LogP contribution in [0.1, 0.15) is 24.1 Å². The van der Waals surface area contributed by atoms with Crippen molar-refractivity contribution in [3.05, 3.63) is 29.6 Å². The van der Waals surface area contributed by atoms with Crippen LogP contribution in [0.15, 0.2) is 18.3 Å². The third-order valence-electron chi connectivity index (χ3n) is 2.65. The van der Waals surface area contributed by atoms with E-state index in [1.165, 1.54) is 6.20 Å². The first-order valence-corrected chi connectivity index (χ1v) is 4.44. The van der Waals surface area contributed by atoms with Crippen LogP contribution in [0, 0.1) is 0 Å². The van der Waals surface area contributed by atoms with Crippen molar-refractivity contribution in [2.45, 2.75) is 24.9 Å². The standard InChI is InChI=1S/C10H10FNO2/c11-6-7-2-1-5-12-8(7)10(3-4-10)9(13)14/h1-2,5H,3-4,6H2,(H,13,14). The molecule has 3 nitrogen and oxygen atoms in total. The van der Waals surface area contributed by atoms with Crippen molar-refractivity contribution in [3.63, 3.8) is 0 Å². The first-order valence-electron chi connectivity index (χ1n) is 4.44. The summed E-state index contributed by atoms with van der Waals surface area (Å²) < 4.78 is 12.6. The van der Waals surface area contributed by atoms with Gasteiger partial charge in [-0.15, -0.1) is 0 Å². The molecule has 0 bridgehead atoms. The van der Waals surface area contributed by atoms with Crippen molar-refractivity contribution < 1.29 is 14.3 Å². The van der Waals surface area contributed by atoms with E-state index in [1.54, 1.807) is 12.1 Å². The molecule has 1 saturated carbocycles. The molecular weight excluding hydrogens is 185 g/mol. The van der Waals surface area contributed by atoms with E-state index in [1.807, 2.05) is 0 Å². The maximum absolute atomic E-state index is 12.6. The number of hydrogen-bond donors (Lipinski definition) is 1. The molecule has 0 saturated heterocycles. The summed E-state index contributed by atoms with van der Waals surface area (Å²) in [5, 5.41) is 9.01. The van der Waals surface area contributed by atoms with Crippen LogP contribution in [0.3, 0.4) is 0 Å². The zero-order chi connectivity index (χ0) is 10.2. The SMILES string of the molecule is O=C(O)C1(c2ncccc2CF)CC1. The van der Waals surface area contributed by atoms with Crippen LogP contribution < -0.4 is 0 Å². The first kappa shape index (κ1) is 9.12. The van der Waals surface area contributed by atoms with Crippen molar-refractivity contribution in [1.29, 1.82) is 0 Å². The number of aromatic nitrogens is 1. The van der Waals surface area contributed by atoms with E-state index >= 15 is 0 Å². The number of alkyl halides is 1. The Bertz CT molecular complexity index is 374. The minimum atomic E-state index is -0.900. The van der Waals surface area contributed by atoms with E-state index in [0.717, 1.165) is 0 Å². The van der Waals surface area contributed by atoms with Gasteiger partial charge in [0.1, 0.15) is 12.1 Å². The lowest BCUT2D eigenvalue weighted by Gasteiger charge is -2.11. The molecule has 0 unspecified atom stereocenters. The summed E-state index contributed by atoms with van der Waals surface area (Å²) in [5.74, 6) is -0.897. The van der Waals surface area contributed by atoms with E-state index in [0.29, 0.717) is 24.1 Å². The van der Waals surface area contributed by atoms with Gasteiger partial charge in [-0.1, -0.05) is 6.07 Å². The molecule has 74 valence electrons. The molecule has 1 aromatic heterocycles. The Kier molecular flexibility index (Phi) is 1.98. The molecule has 4 heteroatoms. The number of nitrogens with zero attached hydrogens (tertiary/aromatic N) is 1. The predicted molar refractivity (Wildman–Crippen MR) is 47.6 cm³/mol. The molecule has 0 spiro atoms. The summed E-state index contributed by atoms with van der Waals surface area (Å²) >= 11 is 0. The zero-order valence-corrected chi connectivity index (χ0v) is 7.53. The quantitative estimate of drug-likeness (QED) is 0.798. The molecule has 0 amide bonds. The molecule has 1 fully saturated rings. The second kappa shape index (κ2) is 3.04. The summed E-state index contributed by atoms with van der Waals surface area (Å²) in [6.45, 7) is -0.655. The van der Waals surface area contributed by atoms with Crippen LogP contribution in [0.25, 0.3) is 0 Å². The lowest BCUT2D eigenvalue weighted by atomic mass is 9.98. The lowest BCUT2D eigenvalue weighted by Crippen LogP contribution is -2.22. The normalized spacial score (nSPS) is 17.8. The maximum Gasteiger partial charge on any atom is 0.315 e. The van der Waals surface area contributed by atoms with Gasteiger partial charge in [0.05, 0.1) is 5.69 Å². The average Bonchev–Trinajstić information content (AvgIpc) is 2.98. The largest absolute Gasteiger partial charge is 0.481 e. The van der Waals surface area contributed by atoms with E-state index in [9.17, 15) is 9.18 Å². The van der Waals surface area contributed by atoms with E-state index in [-0.39, 0.29) is 0 Å². The molecule has 1 N–H and O–H groups in total. The van der Waals surface area contributed by atoms with Crippen LogP contribution in [-0.2, 0) is 16.9 Å². The highest BCUT2D eigenvalue weighted by atomic mass is 19.1. The molecule has 2 rings (SSSR count). The van der Waals surface area contributed by atoms with Crippen molar-refractivity contribution >= 4 is 5.97 Å². The van der Waals surface area contributed by atoms with Gasteiger partial charge in [0.2, 0.25) is 0 Å². The number of rotatable bonds is 3. The Morgan fingerprint density at radius 2 is 2.36 bits per heavy atom. The number of hydrogen-bond acceptors (Lipinski definition) is 2. The van der Waals surface area contributed by atoms with Crippen LogP contribution in [0.2, 0.25) is 0 Å². The number of carbonyl (C=O) groups is 1. The van der Waals surface area contributed by atoms with Crippen LogP contribution in [-0.4, -0.2) is 16.1 Å². The predicted octanol–water partition coefficient (Wildman–Crippen LogP) is 1.67. The number of pyridine rings is 1. The molecule has 1 aliphatic carbocycles. The average molecular weight is 195 g/mol. The zero-order valence-electron chi connectivity index (χ0n) is 7.53. The number of carboxylic acids is 1. The Morgan fingerprint density at radius 3 is 2.86 bits per heavy atom. The van der Waals surface area contributed by atoms with Gasteiger partial charge in [-0.3, -0.25) is 9.78 Å². The lowest BCUT2D eigenvalue weighted by molar-refractivity contribution is -0.140. The van der Waals surface area contributed by atoms with Gasteiger partial charge < -0.3 is 5.11 Å². The summed E-state index contributed by atoms with van der Waals surface area (Å²) in [7, 11) is 0. The highest BCUT2D eigenvalue weighted by molar-refractivity contribution is 5.84. The number of carboxylic acid groups (broad SMARTS) is 1. The van der Waals surface area contributed by atoms with E-state index in [4.69, 9.17) is 5.11 Å². The minimum absolute atomic E-state index is 0.396. The smallest absolute Gasteiger partial charge is 0.315 e. The second-order valence-corrected chi connectivity index (χ2v) is 3.53. The van der Waals surface area contributed by atoms with Crippen molar-refractivity contribution in [1.82, 2.24) is 4.98 Å². The summed E-state index contributed by atoms with van der Waals surface area (Å²) in [6.07, 6.45) is 2.64. The second-order valence-electron chi connectivity index (χ2n) is 3.53. The molecule has 1 aromatic rings. The monoisotopic (exact) mass is 195 g/mol. The molecule has 14 heavy (non-hydrogen) atoms. The Labute approximate surface area is 80.6 Å². The fourth-order valence-electron chi connectivity index (χ4n) is 1.65. The van der Waals surface area contributed by atoms with Gasteiger partial charge in [-0.05, 0) is 18.9 Å². The summed E-state index contributed by atoms with van der Waals surface area (Å²) in [6, 6.07) is 3.21. The third-order valence-corrected chi connectivity index (χ3v) is 2.65. The molecule has 0 aromatic carbocycles. The van der Waals surface area contributed by atoms with Gasteiger partial charge >= 0.3 is 5.97 Å². The number of aliphatic carboxylic acids is 1. The highest BCUT2D eigenvalue weighted by Crippen LogP contribution is 2.48. The van der Waals surface area contributed by atoms with Gasteiger partial charge in [0.25, 0.3) is 0 Å². The molecule has 1 aliphatic rings. The van der Waals surface area contributed by atoms with E-state index < -0.39 is 18.1 Å². The first-order chi connectivity index (χ1) is 6.70. The third kappa shape index (κ3) is 1.18. The van der Waals surface area contributed by atoms with Crippen LogP contribution in [0.4, 0.5) is 4.39 Å². The van der Waals surface area contributed by atoms with Crippen LogP contribution in [0.5, 0.6) is 0 Å². The van der Waals surface area contributed by atoms with Gasteiger partial charge in [0.15, 0.2) is 0 Å². The van der Waals surface area contributed by atoms with Crippen LogP contribution >= 0.6 is 0 Å². The van der Waals surface area contributed by atoms with Crippen molar-refractivity contribution in [2.75, 3.05) is 0 Å². The fraction of sp³-hybridized carbons (Fsp3) is 0.400. The van der Waals surface area contributed by atoms with Crippen molar-refractivity contribution in [3.8, 4) is 0 Å². The van der Waals surface area contributed by atoms with Gasteiger partial charge in [-0.2, -0.15) is 0 Å². The highest BCUT2D eigenvalue weighted by Gasteiger charge is 2.54. The fourth-order valence-corrected chi connectivity index (χ4v) is 1.65. The molecule has 0 atom stereocenters. The molecular formula is C10H10FNO2. The van der Waals surface area contributed by atoms with E-state index in [2.05, 4.69) is 4.98 Å². The topological polar surface area (TPSA) is 50.2 Å². The minimum Gasteiger partial charge on any atom is -0.481 e. The maximum atomic E-state index is 12.6. The molecule has 0 aliphatic heterocycles. The van der Waals surface area contributed by atoms with Crippen molar-refractivity contribution in [2.24, 2.45) is 0 Å². The van der Waals surface area contributed by atoms with Gasteiger partial charge in [0, 0.05) is 11.8 Å². The Hall–Kier alpha value is -1.45.